The first-order valence-corrected chi connectivity index (χ1v) is 4.11. The van der Waals surface area contributed by atoms with Crippen LogP contribution >= 0.6 is 12.6 Å². The largest absolute Gasteiger partial charge is 0.411 e. The zero-order chi connectivity index (χ0) is 10.3. The number of nitrogens with one attached hydrogen (secondary N) is 1. The van der Waals surface area contributed by atoms with E-state index in [0.717, 1.165) is 0 Å². The SMILES string of the molecule is O=C(CS)NCCOCC(F)(F)F. The molecule has 0 aliphatic rings. The van der Waals surface area contributed by atoms with E-state index >= 15 is 0 Å². The Morgan fingerprint density at radius 1 is 1.46 bits per heavy atom. The molecule has 1 amide bonds. The maximum atomic E-state index is 11.5. The molecule has 0 heterocycles. The van der Waals surface area contributed by atoms with E-state index in [1.165, 1.54) is 0 Å². The molecule has 0 spiro atoms. The zero-order valence-electron chi connectivity index (χ0n) is 6.73. The van der Waals surface area contributed by atoms with Gasteiger partial charge in [0.25, 0.3) is 0 Å². The Labute approximate surface area is 79.0 Å². The number of carbonyl (C=O) groups excluding carboxylic acids is 1. The van der Waals surface area contributed by atoms with Crippen molar-refractivity contribution in [3.05, 3.63) is 0 Å². The molecule has 7 heteroatoms. The average molecular weight is 217 g/mol. The molecule has 0 saturated heterocycles. The summed E-state index contributed by atoms with van der Waals surface area (Å²) in [6, 6.07) is 0. The van der Waals surface area contributed by atoms with Crippen molar-refractivity contribution < 1.29 is 22.7 Å². The molecule has 1 N–H and O–H groups in total. The van der Waals surface area contributed by atoms with Crippen molar-refractivity contribution in [1.29, 1.82) is 0 Å². The van der Waals surface area contributed by atoms with Crippen molar-refractivity contribution in [2.45, 2.75) is 6.18 Å². The summed E-state index contributed by atoms with van der Waals surface area (Å²) < 4.78 is 38.7. The number of hydrogen-bond acceptors (Lipinski definition) is 3. The topological polar surface area (TPSA) is 38.3 Å². The van der Waals surface area contributed by atoms with Gasteiger partial charge in [-0.25, -0.2) is 0 Å². The van der Waals surface area contributed by atoms with Crippen LogP contribution in [0.4, 0.5) is 13.2 Å². The van der Waals surface area contributed by atoms with Crippen LogP contribution in [-0.4, -0.2) is 37.6 Å². The fraction of sp³-hybridized carbons (Fsp3) is 0.833. The van der Waals surface area contributed by atoms with Crippen LogP contribution in [0.15, 0.2) is 0 Å². The third-order valence-corrected chi connectivity index (χ3v) is 1.27. The van der Waals surface area contributed by atoms with Gasteiger partial charge in [-0.15, -0.1) is 0 Å². The number of hydrogen-bond donors (Lipinski definition) is 2. The van der Waals surface area contributed by atoms with Crippen molar-refractivity contribution in [2.75, 3.05) is 25.5 Å². The third kappa shape index (κ3) is 9.48. The zero-order valence-corrected chi connectivity index (χ0v) is 7.62. The van der Waals surface area contributed by atoms with Crippen molar-refractivity contribution in [2.24, 2.45) is 0 Å². The second-order valence-corrected chi connectivity index (χ2v) is 2.49. The number of alkyl halides is 3. The fourth-order valence-corrected chi connectivity index (χ4v) is 0.618. The van der Waals surface area contributed by atoms with Crippen LogP contribution in [0.2, 0.25) is 0 Å². The Morgan fingerprint density at radius 2 is 2.08 bits per heavy atom. The summed E-state index contributed by atoms with van der Waals surface area (Å²) in [7, 11) is 0. The Bertz CT molecular complexity index is 162. The normalized spacial score (nSPS) is 11.4. The predicted octanol–water partition coefficient (Wildman–Crippen LogP) is 0.611. The lowest BCUT2D eigenvalue weighted by atomic mass is 10.6. The van der Waals surface area contributed by atoms with Gasteiger partial charge in [0.05, 0.1) is 12.4 Å². The Balaban J connectivity index is 3.22. The highest BCUT2D eigenvalue weighted by Gasteiger charge is 2.27. The van der Waals surface area contributed by atoms with Gasteiger partial charge in [0.1, 0.15) is 6.61 Å². The molecule has 0 fully saturated rings. The van der Waals surface area contributed by atoms with Gasteiger partial charge in [-0.3, -0.25) is 4.79 Å². The molecule has 0 aliphatic carbocycles. The molecule has 0 bridgehead atoms. The van der Waals surface area contributed by atoms with Gasteiger partial charge in [-0.2, -0.15) is 25.8 Å². The molecule has 3 nitrogen and oxygen atoms in total. The summed E-state index contributed by atoms with van der Waals surface area (Å²) in [6.07, 6.45) is -4.31. The maximum absolute atomic E-state index is 11.5. The lowest BCUT2D eigenvalue weighted by molar-refractivity contribution is -0.173. The second-order valence-electron chi connectivity index (χ2n) is 2.18. The molecule has 0 radical (unpaired) electrons. The van der Waals surface area contributed by atoms with Crippen LogP contribution in [0.1, 0.15) is 0 Å². The molecule has 78 valence electrons. The van der Waals surface area contributed by atoms with Gasteiger partial charge in [0.2, 0.25) is 5.91 Å². The first-order valence-electron chi connectivity index (χ1n) is 3.48. The first-order chi connectivity index (χ1) is 5.95. The van der Waals surface area contributed by atoms with Gasteiger partial charge in [0, 0.05) is 6.54 Å². The number of carbonyl (C=O) groups is 1. The summed E-state index contributed by atoms with van der Waals surface area (Å²) in [5, 5.41) is 2.31. The number of halogens is 3. The van der Waals surface area contributed by atoms with E-state index in [9.17, 15) is 18.0 Å². The molecule has 0 aromatic rings. The van der Waals surface area contributed by atoms with Crippen LogP contribution in [0.5, 0.6) is 0 Å². The second kappa shape index (κ2) is 6.09. The van der Waals surface area contributed by atoms with Gasteiger partial charge in [-0.05, 0) is 0 Å². The summed E-state index contributed by atoms with van der Waals surface area (Å²) in [5.74, 6) is -0.321. The van der Waals surface area contributed by atoms with Gasteiger partial charge >= 0.3 is 6.18 Å². The smallest absolute Gasteiger partial charge is 0.370 e. The van der Waals surface area contributed by atoms with E-state index in [2.05, 4.69) is 22.7 Å². The van der Waals surface area contributed by atoms with E-state index in [0.29, 0.717) is 0 Å². The van der Waals surface area contributed by atoms with Crippen LogP contribution in [-0.2, 0) is 9.53 Å². The Morgan fingerprint density at radius 3 is 2.54 bits per heavy atom. The maximum Gasteiger partial charge on any atom is 0.411 e. The van der Waals surface area contributed by atoms with Crippen LogP contribution in [0.3, 0.4) is 0 Å². The quantitative estimate of drug-likeness (QED) is 0.523. The Hall–Kier alpha value is -0.430. The predicted molar refractivity (Wildman–Crippen MR) is 43.7 cm³/mol. The van der Waals surface area contributed by atoms with Crippen LogP contribution in [0.25, 0.3) is 0 Å². The minimum atomic E-state index is -4.31. The van der Waals surface area contributed by atoms with E-state index in [1.54, 1.807) is 0 Å². The molecular weight excluding hydrogens is 207 g/mol. The molecule has 0 unspecified atom stereocenters. The highest BCUT2D eigenvalue weighted by Crippen LogP contribution is 2.13. The lowest BCUT2D eigenvalue weighted by Gasteiger charge is -2.07. The van der Waals surface area contributed by atoms with E-state index in [4.69, 9.17) is 0 Å². The summed E-state index contributed by atoms with van der Waals surface area (Å²) in [4.78, 5) is 10.5. The van der Waals surface area contributed by atoms with Crippen LogP contribution in [0, 0.1) is 0 Å². The van der Waals surface area contributed by atoms with E-state index in [-0.39, 0.29) is 24.8 Å². The summed E-state index contributed by atoms with van der Waals surface area (Å²) in [6.45, 7) is -1.38. The molecule has 0 aromatic carbocycles. The Kier molecular flexibility index (Phi) is 5.89. The van der Waals surface area contributed by atoms with Crippen molar-refractivity contribution in [3.63, 3.8) is 0 Å². The molecule has 0 saturated carbocycles. The van der Waals surface area contributed by atoms with Crippen LogP contribution < -0.4 is 5.32 Å². The molecule has 0 atom stereocenters. The summed E-state index contributed by atoms with van der Waals surface area (Å²) in [5.41, 5.74) is 0. The molecular formula is C6H10F3NO2S. The first kappa shape index (κ1) is 12.6. The van der Waals surface area contributed by atoms with Crippen molar-refractivity contribution >= 4 is 18.5 Å². The fourth-order valence-electron chi connectivity index (χ4n) is 0.506. The number of ether oxygens (including phenoxy) is 1. The van der Waals surface area contributed by atoms with E-state index in [1.807, 2.05) is 0 Å². The minimum absolute atomic E-state index is 0.0132. The van der Waals surface area contributed by atoms with Gasteiger partial charge in [0.15, 0.2) is 0 Å². The highest BCUT2D eigenvalue weighted by atomic mass is 32.1. The number of amides is 1. The highest BCUT2D eigenvalue weighted by molar-refractivity contribution is 7.81. The van der Waals surface area contributed by atoms with Gasteiger partial charge in [-0.1, -0.05) is 0 Å². The van der Waals surface area contributed by atoms with Crippen molar-refractivity contribution in [1.82, 2.24) is 5.32 Å². The summed E-state index contributed by atoms with van der Waals surface area (Å²) >= 11 is 3.65. The third-order valence-electron chi connectivity index (χ3n) is 0.978. The average Bonchev–Trinajstić information content (AvgIpc) is 2.01. The van der Waals surface area contributed by atoms with Gasteiger partial charge < -0.3 is 10.1 Å². The number of rotatable bonds is 5. The molecule has 0 aromatic heterocycles. The van der Waals surface area contributed by atoms with E-state index < -0.39 is 12.8 Å². The lowest BCUT2D eigenvalue weighted by Crippen LogP contribution is -2.29. The monoisotopic (exact) mass is 217 g/mol. The minimum Gasteiger partial charge on any atom is -0.370 e. The standard InChI is InChI=1S/C6H10F3NO2S/c7-6(8,9)4-12-2-1-10-5(11)3-13/h13H,1-4H2,(H,10,11). The number of thiol groups is 1. The molecule has 0 aliphatic heterocycles. The van der Waals surface area contributed by atoms with Crippen molar-refractivity contribution in [3.8, 4) is 0 Å². The molecule has 0 rings (SSSR count). The molecule has 13 heavy (non-hydrogen) atoms.